The van der Waals surface area contributed by atoms with E-state index in [2.05, 4.69) is 5.32 Å². The first-order valence-electron chi connectivity index (χ1n) is 11.7. The number of carbonyl (C=O) groups excluding carboxylic acids is 3. The molecule has 0 atom stereocenters. The van der Waals surface area contributed by atoms with E-state index in [0.717, 1.165) is 27.1 Å². The average molecular weight is 569 g/mol. The maximum atomic E-state index is 13.0. The van der Waals surface area contributed by atoms with Gasteiger partial charge in [0.25, 0.3) is 11.1 Å². The first kappa shape index (κ1) is 27.6. The van der Waals surface area contributed by atoms with E-state index in [9.17, 15) is 14.4 Å². The number of anilines is 1. The smallest absolute Gasteiger partial charge is 0.294 e. The minimum Gasteiger partial charge on any atom is -0.490 e. The van der Waals surface area contributed by atoms with E-state index in [0.29, 0.717) is 41.0 Å². The third-order valence-electron chi connectivity index (χ3n) is 5.38. The van der Waals surface area contributed by atoms with E-state index in [1.807, 2.05) is 61.7 Å². The predicted molar refractivity (Wildman–Crippen MR) is 153 cm³/mol. The van der Waals surface area contributed by atoms with Crippen LogP contribution in [0.3, 0.4) is 0 Å². The second-order valence-corrected chi connectivity index (χ2v) is 10.4. The van der Waals surface area contributed by atoms with Gasteiger partial charge in [-0.1, -0.05) is 48.0 Å². The lowest BCUT2D eigenvalue weighted by Gasteiger charge is -2.15. The quantitative estimate of drug-likeness (QED) is 0.215. The number of hydrogen-bond donors (Lipinski definition) is 1. The molecule has 0 spiro atoms. The molecule has 0 saturated carbocycles. The third-order valence-corrected chi connectivity index (χ3v) is 7.30. The van der Waals surface area contributed by atoms with E-state index < -0.39 is 17.1 Å². The van der Waals surface area contributed by atoms with Gasteiger partial charge >= 0.3 is 0 Å². The first-order chi connectivity index (χ1) is 18.4. The van der Waals surface area contributed by atoms with Gasteiger partial charge in [0, 0.05) is 10.6 Å². The summed E-state index contributed by atoms with van der Waals surface area (Å²) in [6.45, 7) is 2.15. The number of benzene rings is 3. The maximum absolute atomic E-state index is 13.0. The summed E-state index contributed by atoms with van der Waals surface area (Å²) >= 11 is 8.84. The number of hydrogen-bond acceptors (Lipinski definition) is 7. The van der Waals surface area contributed by atoms with E-state index in [-0.39, 0.29) is 11.4 Å². The summed E-state index contributed by atoms with van der Waals surface area (Å²) in [6, 6.07) is 20.3. The Labute approximate surface area is 234 Å². The number of thioether (sulfide) groups is 2. The largest absolute Gasteiger partial charge is 0.490 e. The molecule has 3 aromatic rings. The summed E-state index contributed by atoms with van der Waals surface area (Å²) in [6.07, 6.45) is 3.49. The molecule has 0 aliphatic carbocycles. The summed E-state index contributed by atoms with van der Waals surface area (Å²) in [5.74, 6) is -0.196. The Morgan fingerprint density at radius 3 is 2.61 bits per heavy atom. The van der Waals surface area contributed by atoms with Gasteiger partial charge in [0.2, 0.25) is 5.91 Å². The number of halogens is 1. The van der Waals surface area contributed by atoms with Gasteiger partial charge in [0.1, 0.15) is 13.2 Å². The summed E-state index contributed by atoms with van der Waals surface area (Å²) in [7, 11) is 0. The van der Waals surface area contributed by atoms with Crippen molar-refractivity contribution >= 4 is 63.9 Å². The molecular weight excluding hydrogens is 544 g/mol. The van der Waals surface area contributed by atoms with E-state index >= 15 is 0 Å². The number of nitrogens with one attached hydrogen (secondary N) is 1. The van der Waals surface area contributed by atoms with Crippen molar-refractivity contribution in [1.82, 2.24) is 4.90 Å². The molecule has 38 heavy (non-hydrogen) atoms. The lowest BCUT2D eigenvalue weighted by Crippen LogP contribution is -2.36. The highest BCUT2D eigenvalue weighted by atomic mass is 35.5. The second kappa shape index (κ2) is 12.9. The van der Waals surface area contributed by atoms with Crippen LogP contribution in [0.25, 0.3) is 6.08 Å². The molecule has 1 aliphatic rings. The summed E-state index contributed by atoms with van der Waals surface area (Å²) in [5.41, 5.74) is 2.14. The fourth-order valence-corrected chi connectivity index (χ4v) is 5.21. The van der Waals surface area contributed by atoms with E-state index in [4.69, 9.17) is 21.1 Å². The average Bonchev–Trinajstić information content (AvgIpc) is 3.16. The van der Waals surface area contributed by atoms with Gasteiger partial charge in [-0.25, -0.2) is 0 Å². The van der Waals surface area contributed by atoms with Crippen LogP contribution in [0, 0.1) is 0 Å². The molecule has 0 bridgehead atoms. The van der Waals surface area contributed by atoms with Gasteiger partial charge in [-0.2, -0.15) is 0 Å². The van der Waals surface area contributed by atoms with Gasteiger partial charge in [-0.15, -0.1) is 11.8 Å². The van der Waals surface area contributed by atoms with Crippen LogP contribution in [-0.2, 0) is 16.2 Å². The van der Waals surface area contributed by atoms with Gasteiger partial charge in [-0.3, -0.25) is 19.3 Å². The van der Waals surface area contributed by atoms with Crippen molar-refractivity contribution in [2.24, 2.45) is 0 Å². The molecule has 7 nitrogen and oxygen atoms in total. The molecule has 0 radical (unpaired) electrons. The zero-order chi connectivity index (χ0) is 27.1. The lowest BCUT2D eigenvalue weighted by molar-refractivity contribution is -0.127. The van der Waals surface area contributed by atoms with Crippen LogP contribution in [0.15, 0.2) is 76.5 Å². The normalized spacial score (nSPS) is 14.2. The molecule has 10 heteroatoms. The van der Waals surface area contributed by atoms with Crippen LogP contribution in [0.5, 0.6) is 11.5 Å². The fourth-order valence-electron chi connectivity index (χ4n) is 3.64. The van der Waals surface area contributed by atoms with Crippen molar-refractivity contribution < 1.29 is 23.9 Å². The maximum Gasteiger partial charge on any atom is 0.294 e. The van der Waals surface area contributed by atoms with Crippen molar-refractivity contribution in [3.05, 3.63) is 87.8 Å². The van der Waals surface area contributed by atoms with Crippen LogP contribution < -0.4 is 14.8 Å². The van der Waals surface area contributed by atoms with Crippen molar-refractivity contribution in [2.75, 3.05) is 24.7 Å². The highest BCUT2D eigenvalue weighted by Crippen LogP contribution is 2.39. The van der Waals surface area contributed by atoms with Crippen LogP contribution in [0.1, 0.15) is 18.1 Å². The van der Waals surface area contributed by atoms with E-state index in [1.54, 1.807) is 36.0 Å². The monoisotopic (exact) mass is 568 g/mol. The number of carbonyl (C=O) groups is 3. The van der Waals surface area contributed by atoms with Crippen molar-refractivity contribution in [3.8, 4) is 11.5 Å². The number of imide groups is 1. The number of nitrogens with zero attached hydrogens (tertiary/aromatic N) is 1. The number of ether oxygens (including phenoxy) is 2. The Balaban J connectivity index is 1.48. The summed E-state index contributed by atoms with van der Waals surface area (Å²) in [5, 5.41) is 2.52. The number of rotatable bonds is 10. The van der Waals surface area contributed by atoms with Gasteiger partial charge < -0.3 is 14.8 Å². The van der Waals surface area contributed by atoms with E-state index in [1.165, 1.54) is 0 Å². The minimum absolute atomic E-state index is 0.184. The van der Waals surface area contributed by atoms with Gasteiger partial charge in [0.05, 0.1) is 16.5 Å². The lowest BCUT2D eigenvalue weighted by atomic mass is 10.1. The SMILES string of the molecule is CCOc1cc(/C=C2\SC(=O)N(CC(=O)Nc3cccc(SC)c3)C2=O)cc(Cl)c1OCc1ccccc1. The molecule has 1 saturated heterocycles. The number of amides is 3. The predicted octanol–water partition coefficient (Wildman–Crippen LogP) is 6.71. The van der Waals surface area contributed by atoms with Crippen LogP contribution >= 0.6 is 35.1 Å². The van der Waals surface area contributed by atoms with Crippen LogP contribution in [0.2, 0.25) is 5.02 Å². The molecule has 1 heterocycles. The third kappa shape index (κ3) is 6.92. The molecule has 1 fully saturated rings. The molecule has 1 N–H and O–H groups in total. The zero-order valence-corrected chi connectivity index (χ0v) is 23.1. The van der Waals surface area contributed by atoms with Crippen molar-refractivity contribution in [1.29, 1.82) is 0 Å². The topological polar surface area (TPSA) is 84.9 Å². The second-order valence-electron chi connectivity index (χ2n) is 8.09. The molecular formula is C28H25ClN2O5S2. The Kier molecular flexibility index (Phi) is 9.38. The molecule has 1 aliphatic heterocycles. The summed E-state index contributed by atoms with van der Waals surface area (Å²) in [4.78, 5) is 40.2. The Morgan fingerprint density at radius 2 is 1.87 bits per heavy atom. The van der Waals surface area contributed by atoms with Crippen molar-refractivity contribution in [3.63, 3.8) is 0 Å². The first-order valence-corrected chi connectivity index (χ1v) is 14.1. The molecule has 4 rings (SSSR count). The zero-order valence-electron chi connectivity index (χ0n) is 20.7. The molecule has 0 unspecified atom stereocenters. The van der Waals surface area contributed by atoms with Gasteiger partial charge in [0.15, 0.2) is 11.5 Å². The Hall–Kier alpha value is -3.40. The standard InChI is InChI=1S/C28H25ClN2O5S2/c1-3-35-23-13-19(12-22(29)26(23)36-17-18-8-5-4-6-9-18)14-24-27(33)31(28(34)38-24)16-25(32)30-20-10-7-11-21(15-20)37-2/h4-15H,3,16-17H2,1-2H3,(H,30,32)/b24-14-. The molecule has 3 aromatic carbocycles. The van der Waals surface area contributed by atoms with Crippen molar-refractivity contribution in [2.45, 2.75) is 18.4 Å². The van der Waals surface area contributed by atoms with Gasteiger partial charge in [-0.05, 0) is 72.5 Å². The molecule has 196 valence electrons. The minimum atomic E-state index is -0.550. The summed E-state index contributed by atoms with van der Waals surface area (Å²) < 4.78 is 11.7. The van der Waals surface area contributed by atoms with Crippen LogP contribution in [-0.4, -0.2) is 41.4 Å². The Morgan fingerprint density at radius 1 is 1.08 bits per heavy atom. The highest BCUT2D eigenvalue weighted by molar-refractivity contribution is 8.18. The Bertz CT molecular complexity index is 1380. The molecule has 3 amide bonds. The highest BCUT2D eigenvalue weighted by Gasteiger charge is 2.36. The molecule has 0 aromatic heterocycles. The fraction of sp³-hybridized carbons (Fsp3) is 0.179. The van der Waals surface area contributed by atoms with Crippen LogP contribution in [0.4, 0.5) is 10.5 Å².